The Morgan fingerprint density at radius 2 is 2.25 bits per heavy atom. The summed E-state index contributed by atoms with van der Waals surface area (Å²) in [7, 11) is 0. The average Bonchev–Trinajstić information content (AvgIpc) is 2.89. The van der Waals surface area contributed by atoms with Crippen molar-refractivity contribution in [3.63, 3.8) is 0 Å². The molecule has 1 aliphatic rings. The lowest BCUT2D eigenvalue weighted by molar-refractivity contribution is 0.391. The van der Waals surface area contributed by atoms with Gasteiger partial charge in [-0.15, -0.1) is 11.3 Å². The van der Waals surface area contributed by atoms with E-state index in [0.29, 0.717) is 6.04 Å². The molecule has 2 rings (SSSR count). The molecule has 1 atom stereocenters. The number of nitrogens with one attached hydrogen (secondary N) is 1. The zero-order chi connectivity index (χ0) is 11.4. The summed E-state index contributed by atoms with van der Waals surface area (Å²) >= 11 is 5.30. The van der Waals surface area contributed by atoms with Gasteiger partial charge in [0.25, 0.3) is 0 Å². The van der Waals surface area contributed by atoms with Gasteiger partial charge in [-0.25, -0.2) is 0 Å². The molecule has 1 heterocycles. The molecular weight excluding hydrogens is 284 g/mol. The summed E-state index contributed by atoms with van der Waals surface area (Å²) in [6.45, 7) is 0. The first-order chi connectivity index (χ1) is 7.78. The first-order valence-electron chi connectivity index (χ1n) is 5.97. The van der Waals surface area contributed by atoms with Gasteiger partial charge >= 0.3 is 0 Å². The van der Waals surface area contributed by atoms with Crippen molar-refractivity contribution in [3.8, 4) is 0 Å². The fourth-order valence-electron chi connectivity index (χ4n) is 2.56. The summed E-state index contributed by atoms with van der Waals surface area (Å²) in [5.41, 5.74) is 2.98. The Kier molecular flexibility index (Phi) is 4.82. The molecule has 0 amide bonds. The molecule has 4 heteroatoms. The summed E-state index contributed by atoms with van der Waals surface area (Å²) in [6.07, 6.45) is 7.90. The van der Waals surface area contributed by atoms with Crippen molar-refractivity contribution in [1.29, 1.82) is 0 Å². The third kappa shape index (κ3) is 3.55. The molecular formula is C12H19BrN2S. The van der Waals surface area contributed by atoms with Crippen LogP contribution in [0.25, 0.3) is 0 Å². The first kappa shape index (κ1) is 12.6. The molecule has 1 aromatic rings. The minimum absolute atomic E-state index is 0.439. The van der Waals surface area contributed by atoms with Gasteiger partial charge in [-0.05, 0) is 40.8 Å². The highest BCUT2D eigenvalue weighted by atomic mass is 79.9. The van der Waals surface area contributed by atoms with Gasteiger partial charge in [0.05, 0.1) is 0 Å². The molecule has 1 aromatic heterocycles. The summed E-state index contributed by atoms with van der Waals surface area (Å²) in [6, 6.07) is 2.64. The molecule has 1 fully saturated rings. The van der Waals surface area contributed by atoms with E-state index in [1.165, 1.54) is 41.5 Å². The van der Waals surface area contributed by atoms with Crippen molar-refractivity contribution in [1.82, 2.24) is 5.43 Å². The maximum Gasteiger partial charge on any atom is 0.0285 e. The van der Waals surface area contributed by atoms with Crippen LogP contribution in [0.2, 0.25) is 0 Å². The SMILES string of the molecule is NNC(Cc1cc(Br)cs1)CC1CCCC1. The molecule has 2 nitrogen and oxygen atoms in total. The number of hydrogen-bond acceptors (Lipinski definition) is 3. The van der Waals surface area contributed by atoms with Crippen LogP contribution < -0.4 is 11.3 Å². The Labute approximate surface area is 110 Å². The predicted octanol–water partition coefficient (Wildman–Crippen LogP) is 3.47. The lowest BCUT2D eigenvalue weighted by Crippen LogP contribution is -2.37. The first-order valence-corrected chi connectivity index (χ1v) is 7.64. The number of rotatable bonds is 5. The van der Waals surface area contributed by atoms with Gasteiger partial charge in [-0.1, -0.05) is 25.7 Å². The molecule has 16 heavy (non-hydrogen) atoms. The summed E-state index contributed by atoms with van der Waals surface area (Å²) in [5.74, 6) is 6.54. The maximum atomic E-state index is 5.65. The van der Waals surface area contributed by atoms with E-state index >= 15 is 0 Å². The lowest BCUT2D eigenvalue weighted by atomic mass is 9.96. The van der Waals surface area contributed by atoms with Crippen LogP contribution in [0.1, 0.15) is 37.0 Å². The maximum absolute atomic E-state index is 5.65. The highest BCUT2D eigenvalue weighted by Crippen LogP contribution is 2.30. The number of hydrazine groups is 1. The molecule has 1 saturated carbocycles. The Bertz CT molecular complexity index is 321. The minimum Gasteiger partial charge on any atom is -0.271 e. The third-order valence-corrected chi connectivity index (χ3v) is 5.12. The average molecular weight is 303 g/mol. The number of halogens is 1. The van der Waals surface area contributed by atoms with E-state index < -0.39 is 0 Å². The zero-order valence-electron chi connectivity index (χ0n) is 9.42. The Hall–Kier alpha value is 0.1000. The van der Waals surface area contributed by atoms with Crippen LogP contribution >= 0.6 is 27.3 Å². The summed E-state index contributed by atoms with van der Waals surface area (Å²) in [5, 5.41) is 2.14. The van der Waals surface area contributed by atoms with Crippen LogP contribution in [-0.4, -0.2) is 6.04 Å². The van der Waals surface area contributed by atoms with Crippen molar-refractivity contribution < 1.29 is 0 Å². The summed E-state index contributed by atoms with van der Waals surface area (Å²) < 4.78 is 1.18. The molecule has 1 unspecified atom stereocenters. The highest BCUT2D eigenvalue weighted by Gasteiger charge is 2.20. The Morgan fingerprint density at radius 3 is 2.81 bits per heavy atom. The second kappa shape index (κ2) is 6.15. The van der Waals surface area contributed by atoms with Crippen molar-refractivity contribution in [2.24, 2.45) is 11.8 Å². The van der Waals surface area contributed by atoms with Crippen LogP contribution in [0.15, 0.2) is 15.9 Å². The van der Waals surface area contributed by atoms with Crippen molar-refractivity contribution >= 4 is 27.3 Å². The van der Waals surface area contributed by atoms with Gasteiger partial charge in [0, 0.05) is 20.8 Å². The van der Waals surface area contributed by atoms with Crippen LogP contribution in [0.5, 0.6) is 0 Å². The molecule has 0 saturated heterocycles. The molecule has 3 N–H and O–H groups in total. The second-order valence-corrected chi connectivity index (χ2v) is 6.60. The number of nitrogens with two attached hydrogens (primary N) is 1. The Balaban J connectivity index is 1.84. The molecule has 0 aliphatic heterocycles. The normalized spacial score (nSPS) is 19.1. The summed E-state index contributed by atoms with van der Waals surface area (Å²) in [4.78, 5) is 1.41. The van der Waals surface area contributed by atoms with Gasteiger partial charge < -0.3 is 0 Å². The van der Waals surface area contributed by atoms with E-state index in [-0.39, 0.29) is 0 Å². The van der Waals surface area contributed by atoms with Crippen molar-refractivity contribution in [3.05, 3.63) is 20.8 Å². The molecule has 0 bridgehead atoms. The second-order valence-electron chi connectivity index (χ2n) is 4.69. The number of hydrogen-bond donors (Lipinski definition) is 2. The Morgan fingerprint density at radius 1 is 1.50 bits per heavy atom. The van der Waals surface area contributed by atoms with Crippen LogP contribution in [0, 0.1) is 5.92 Å². The molecule has 0 aromatic carbocycles. The molecule has 90 valence electrons. The molecule has 1 aliphatic carbocycles. The van der Waals surface area contributed by atoms with E-state index in [2.05, 4.69) is 32.8 Å². The van der Waals surface area contributed by atoms with E-state index in [4.69, 9.17) is 5.84 Å². The molecule has 0 spiro atoms. The van der Waals surface area contributed by atoms with E-state index in [0.717, 1.165) is 12.3 Å². The quantitative estimate of drug-likeness (QED) is 0.646. The third-order valence-electron chi connectivity index (χ3n) is 3.40. The highest BCUT2D eigenvalue weighted by molar-refractivity contribution is 9.10. The van der Waals surface area contributed by atoms with Gasteiger partial charge in [-0.2, -0.15) is 0 Å². The van der Waals surface area contributed by atoms with E-state index in [1.807, 2.05) is 11.3 Å². The van der Waals surface area contributed by atoms with Gasteiger partial charge in [0.15, 0.2) is 0 Å². The standard InChI is InChI=1S/C12H19BrN2S/c13-10-6-12(16-8-10)7-11(15-14)5-9-3-1-2-4-9/h6,8-9,11,15H,1-5,7,14H2. The van der Waals surface area contributed by atoms with Crippen LogP contribution in [0.4, 0.5) is 0 Å². The van der Waals surface area contributed by atoms with Crippen molar-refractivity contribution in [2.75, 3.05) is 0 Å². The topological polar surface area (TPSA) is 38.0 Å². The largest absolute Gasteiger partial charge is 0.271 e. The zero-order valence-corrected chi connectivity index (χ0v) is 11.8. The fraction of sp³-hybridized carbons (Fsp3) is 0.667. The monoisotopic (exact) mass is 302 g/mol. The van der Waals surface area contributed by atoms with Crippen LogP contribution in [-0.2, 0) is 6.42 Å². The smallest absolute Gasteiger partial charge is 0.0285 e. The minimum atomic E-state index is 0.439. The number of thiophene rings is 1. The van der Waals surface area contributed by atoms with Gasteiger partial charge in [0.1, 0.15) is 0 Å². The van der Waals surface area contributed by atoms with Crippen LogP contribution in [0.3, 0.4) is 0 Å². The predicted molar refractivity (Wildman–Crippen MR) is 73.4 cm³/mol. The van der Waals surface area contributed by atoms with Gasteiger partial charge in [0.2, 0.25) is 0 Å². The molecule has 0 radical (unpaired) electrons. The van der Waals surface area contributed by atoms with Crippen molar-refractivity contribution in [2.45, 2.75) is 44.6 Å². The fourth-order valence-corrected chi connectivity index (χ4v) is 4.10. The lowest BCUT2D eigenvalue weighted by Gasteiger charge is -2.18. The van der Waals surface area contributed by atoms with Gasteiger partial charge in [-0.3, -0.25) is 11.3 Å². The van der Waals surface area contributed by atoms with E-state index in [9.17, 15) is 0 Å². The van der Waals surface area contributed by atoms with E-state index in [1.54, 1.807) is 0 Å².